The first kappa shape index (κ1) is 23.3. The van der Waals surface area contributed by atoms with E-state index in [2.05, 4.69) is 28.0 Å². The third-order valence-corrected chi connectivity index (χ3v) is 6.21. The number of piperidine rings is 1. The smallest absolute Gasteiger partial charge is 0.410 e. The van der Waals surface area contributed by atoms with Gasteiger partial charge in [0.25, 0.3) is 0 Å². The number of carbonyl (C=O) groups excluding carboxylic acids is 1. The van der Waals surface area contributed by atoms with Crippen molar-refractivity contribution in [2.24, 2.45) is 10.1 Å². The largest absolute Gasteiger partial charge is 0.489 e. The van der Waals surface area contributed by atoms with Crippen molar-refractivity contribution in [3.8, 4) is 11.8 Å². The van der Waals surface area contributed by atoms with Crippen molar-refractivity contribution in [3.63, 3.8) is 0 Å². The van der Waals surface area contributed by atoms with E-state index in [0.29, 0.717) is 24.5 Å². The lowest BCUT2D eigenvalue weighted by molar-refractivity contribution is 0.0489. The zero-order chi connectivity index (χ0) is 24.1. The third-order valence-electron chi connectivity index (χ3n) is 6.21. The van der Waals surface area contributed by atoms with Gasteiger partial charge in [0.1, 0.15) is 36.1 Å². The van der Waals surface area contributed by atoms with E-state index in [1.807, 2.05) is 31.2 Å². The minimum Gasteiger partial charge on any atom is -0.489 e. The lowest BCUT2D eigenvalue weighted by Gasteiger charge is -2.32. The summed E-state index contributed by atoms with van der Waals surface area (Å²) in [5.74, 6) is 0.661. The fraction of sp³-hybridized carbons (Fsp3) is 0.458. The standard InChI is InChI=1S/C24H29N7O3/c1-24(10-11-24)34-23(32)29-12-8-20(9-13-29)31-22(14-25)18(15-28-31)16-33-21-6-4-19(5-7-21)30(27-3)17-26-2/h4-7,15,17,20H,3,8-13,16H2,1-2H3. The van der Waals surface area contributed by atoms with Crippen molar-refractivity contribution in [1.29, 1.82) is 5.26 Å². The topological polar surface area (TPSA) is 108 Å². The molecule has 0 N–H and O–H groups in total. The summed E-state index contributed by atoms with van der Waals surface area (Å²) in [7, 11) is 1.66. The van der Waals surface area contributed by atoms with Crippen molar-refractivity contribution >= 4 is 24.8 Å². The molecule has 0 atom stereocenters. The van der Waals surface area contributed by atoms with Crippen LogP contribution in [0, 0.1) is 11.3 Å². The Balaban J connectivity index is 1.34. The SMILES string of the molecule is C=NN(C=NC)c1ccc(OCc2cnn(C3CCN(C(=O)OC4(C)CC4)CC3)c2C#N)cc1. The maximum Gasteiger partial charge on any atom is 0.410 e. The Bertz CT molecular complexity index is 1090. The van der Waals surface area contributed by atoms with Crippen molar-refractivity contribution in [2.75, 3.05) is 25.1 Å². The van der Waals surface area contributed by atoms with Gasteiger partial charge < -0.3 is 14.4 Å². The Kier molecular flexibility index (Phi) is 6.82. The van der Waals surface area contributed by atoms with E-state index in [0.717, 1.165) is 36.9 Å². The summed E-state index contributed by atoms with van der Waals surface area (Å²) in [6.07, 6.45) is 6.31. The predicted molar refractivity (Wildman–Crippen MR) is 128 cm³/mol. The molecule has 4 rings (SSSR count). The van der Waals surface area contributed by atoms with Crippen LogP contribution in [0.1, 0.15) is 49.9 Å². The number of hydrogen-bond donors (Lipinski definition) is 0. The van der Waals surface area contributed by atoms with Crippen LogP contribution >= 0.6 is 0 Å². The molecule has 1 amide bonds. The number of carbonyl (C=O) groups is 1. The quantitative estimate of drug-likeness (QED) is 0.335. The minimum atomic E-state index is -0.273. The molecule has 10 heteroatoms. The maximum absolute atomic E-state index is 12.3. The van der Waals surface area contributed by atoms with Crippen LogP contribution in [-0.2, 0) is 11.3 Å². The Labute approximate surface area is 199 Å². The van der Waals surface area contributed by atoms with Gasteiger partial charge in [-0.2, -0.15) is 15.5 Å². The average molecular weight is 464 g/mol. The summed E-state index contributed by atoms with van der Waals surface area (Å²) >= 11 is 0. The number of hydrazone groups is 1. The van der Waals surface area contributed by atoms with Crippen molar-refractivity contribution in [3.05, 3.63) is 41.7 Å². The number of rotatable bonds is 8. The van der Waals surface area contributed by atoms with E-state index >= 15 is 0 Å². The fourth-order valence-electron chi connectivity index (χ4n) is 3.90. The third kappa shape index (κ3) is 5.20. The van der Waals surface area contributed by atoms with Crippen molar-refractivity contribution in [2.45, 2.75) is 50.9 Å². The maximum atomic E-state index is 12.3. The number of aliphatic imine (C=N–C) groups is 1. The van der Waals surface area contributed by atoms with Gasteiger partial charge >= 0.3 is 6.09 Å². The van der Waals surface area contributed by atoms with Crippen LogP contribution in [0.4, 0.5) is 10.5 Å². The monoisotopic (exact) mass is 463 g/mol. The number of aromatic nitrogens is 2. The number of nitriles is 1. The van der Waals surface area contributed by atoms with E-state index in [1.165, 1.54) is 0 Å². The van der Waals surface area contributed by atoms with E-state index in [1.54, 1.807) is 34.2 Å². The summed E-state index contributed by atoms with van der Waals surface area (Å²) < 4.78 is 13.2. The van der Waals surface area contributed by atoms with Gasteiger partial charge in [0, 0.05) is 32.4 Å². The van der Waals surface area contributed by atoms with E-state index in [4.69, 9.17) is 9.47 Å². The van der Waals surface area contributed by atoms with E-state index in [9.17, 15) is 10.1 Å². The number of hydrogen-bond acceptors (Lipinski definition) is 7. The second-order valence-corrected chi connectivity index (χ2v) is 8.75. The second kappa shape index (κ2) is 9.95. The lowest BCUT2D eigenvalue weighted by Crippen LogP contribution is -2.41. The molecular weight excluding hydrogens is 434 g/mol. The van der Waals surface area contributed by atoms with Crippen LogP contribution in [0.25, 0.3) is 0 Å². The summed E-state index contributed by atoms with van der Waals surface area (Å²) in [6, 6.07) is 9.68. The first-order chi connectivity index (χ1) is 16.5. The molecule has 2 fully saturated rings. The molecule has 1 aromatic heterocycles. The van der Waals surface area contributed by atoms with Crippen LogP contribution in [0.5, 0.6) is 5.75 Å². The first-order valence-electron chi connectivity index (χ1n) is 11.3. The van der Waals surface area contributed by atoms with Gasteiger partial charge in [-0.25, -0.2) is 9.80 Å². The molecule has 0 radical (unpaired) electrons. The first-order valence-corrected chi connectivity index (χ1v) is 11.3. The molecule has 178 valence electrons. The molecular formula is C24H29N7O3. The highest BCUT2D eigenvalue weighted by atomic mass is 16.6. The molecule has 1 saturated heterocycles. The van der Waals surface area contributed by atoms with E-state index in [-0.39, 0.29) is 24.3 Å². The lowest BCUT2D eigenvalue weighted by atomic mass is 10.1. The molecule has 2 aliphatic rings. The van der Waals surface area contributed by atoms with Crippen molar-refractivity contribution in [1.82, 2.24) is 14.7 Å². The number of ether oxygens (including phenoxy) is 2. The molecule has 34 heavy (non-hydrogen) atoms. The zero-order valence-electron chi connectivity index (χ0n) is 19.6. The van der Waals surface area contributed by atoms with Crippen LogP contribution in [0.3, 0.4) is 0 Å². The highest BCUT2D eigenvalue weighted by molar-refractivity contribution is 5.79. The predicted octanol–water partition coefficient (Wildman–Crippen LogP) is 3.74. The van der Waals surface area contributed by atoms with Crippen molar-refractivity contribution < 1.29 is 14.3 Å². The van der Waals surface area contributed by atoms with Crippen LogP contribution < -0.4 is 9.75 Å². The number of amides is 1. The number of benzene rings is 1. The number of anilines is 1. The van der Waals surface area contributed by atoms with Crippen LogP contribution in [0.2, 0.25) is 0 Å². The molecule has 0 bridgehead atoms. The van der Waals surface area contributed by atoms with Gasteiger partial charge in [-0.1, -0.05) is 0 Å². The molecule has 1 aliphatic heterocycles. The normalized spacial score (nSPS) is 17.3. The fourth-order valence-corrected chi connectivity index (χ4v) is 3.90. The highest BCUT2D eigenvalue weighted by Crippen LogP contribution is 2.39. The summed E-state index contributed by atoms with van der Waals surface area (Å²) in [5, 5.41) is 19.7. The van der Waals surface area contributed by atoms with E-state index < -0.39 is 0 Å². The van der Waals surface area contributed by atoms with Gasteiger partial charge in [0.05, 0.1) is 17.9 Å². The molecule has 2 heterocycles. The van der Waals surface area contributed by atoms with Gasteiger partial charge in [0.15, 0.2) is 0 Å². The van der Waals surface area contributed by atoms with Gasteiger partial charge in [-0.3, -0.25) is 9.67 Å². The Morgan fingerprint density at radius 3 is 2.65 bits per heavy atom. The number of likely N-dealkylation sites (tertiary alicyclic amines) is 1. The Morgan fingerprint density at radius 1 is 1.35 bits per heavy atom. The van der Waals surface area contributed by atoms with Gasteiger partial charge in [-0.15, -0.1) is 0 Å². The molecule has 1 aromatic carbocycles. The minimum absolute atomic E-state index is 0.0564. The Hall–Kier alpha value is -3.87. The average Bonchev–Trinajstić information content (AvgIpc) is 3.44. The number of nitrogens with zero attached hydrogens (tertiary/aromatic N) is 7. The molecule has 0 unspecified atom stereocenters. The molecule has 1 saturated carbocycles. The van der Waals surface area contributed by atoms with Crippen LogP contribution in [0.15, 0.2) is 40.6 Å². The second-order valence-electron chi connectivity index (χ2n) is 8.75. The zero-order valence-corrected chi connectivity index (χ0v) is 19.6. The molecule has 2 aromatic rings. The summed E-state index contributed by atoms with van der Waals surface area (Å²) in [5.41, 5.74) is 1.75. The summed E-state index contributed by atoms with van der Waals surface area (Å²) in [6.45, 7) is 6.89. The molecule has 10 nitrogen and oxygen atoms in total. The van der Waals surface area contributed by atoms with Crippen LogP contribution in [-0.4, -0.2) is 59.6 Å². The molecule has 0 spiro atoms. The summed E-state index contributed by atoms with van der Waals surface area (Å²) in [4.78, 5) is 18.0. The molecule has 1 aliphatic carbocycles. The Morgan fingerprint density at radius 2 is 2.06 bits per heavy atom. The van der Waals surface area contributed by atoms with Gasteiger partial charge in [0.2, 0.25) is 0 Å². The highest BCUT2D eigenvalue weighted by Gasteiger charge is 2.43. The van der Waals surface area contributed by atoms with Gasteiger partial charge in [-0.05, 0) is 56.9 Å².